The van der Waals surface area contributed by atoms with E-state index in [9.17, 15) is 13.2 Å². The van der Waals surface area contributed by atoms with Gasteiger partial charge in [0, 0.05) is 26.1 Å². The van der Waals surface area contributed by atoms with Crippen molar-refractivity contribution < 1.29 is 17.9 Å². The zero-order chi connectivity index (χ0) is 17.6. The topological polar surface area (TPSA) is 66.9 Å². The largest absolute Gasteiger partial charge is 0.497 e. The summed E-state index contributed by atoms with van der Waals surface area (Å²) in [5.74, 6) is 0.797. The van der Waals surface area contributed by atoms with Gasteiger partial charge in [-0.15, -0.1) is 0 Å². The molecule has 1 aromatic rings. The SMILES string of the molecule is COc1ccc(N(CCCC(=O)N2CCCCC2)S(C)(=O)=O)cc1. The molecule has 24 heavy (non-hydrogen) atoms. The van der Waals surface area contributed by atoms with Crippen LogP contribution in [0.5, 0.6) is 5.75 Å². The monoisotopic (exact) mass is 354 g/mol. The molecule has 1 fully saturated rings. The number of methoxy groups -OCH3 is 1. The Hall–Kier alpha value is -1.76. The second kappa shape index (κ2) is 8.37. The summed E-state index contributed by atoms with van der Waals surface area (Å²) in [6.45, 7) is 1.95. The molecule has 0 atom stereocenters. The van der Waals surface area contributed by atoms with Crippen LogP contribution in [0, 0.1) is 0 Å². The minimum absolute atomic E-state index is 0.123. The number of ether oxygens (including phenoxy) is 1. The molecule has 134 valence electrons. The highest BCUT2D eigenvalue weighted by Gasteiger charge is 2.20. The number of amides is 1. The summed E-state index contributed by atoms with van der Waals surface area (Å²) in [4.78, 5) is 14.1. The van der Waals surface area contributed by atoms with Crippen LogP contribution in [0.2, 0.25) is 0 Å². The van der Waals surface area contributed by atoms with Gasteiger partial charge in [0.2, 0.25) is 15.9 Å². The van der Waals surface area contributed by atoms with Gasteiger partial charge >= 0.3 is 0 Å². The second-order valence-electron chi connectivity index (χ2n) is 6.08. The summed E-state index contributed by atoms with van der Waals surface area (Å²) in [5, 5.41) is 0. The van der Waals surface area contributed by atoms with Crippen LogP contribution in [0.1, 0.15) is 32.1 Å². The van der Waals surface area contributed by atoms with Crippen LogP contribution in [-0.4, -0.2) is 52.2 Å². The van der Waals surface area contributed by atoms with Crippen molar-refractivity contribution in [2.75, 3.05) is 37.3 Å². The number of rotatable bonds is 7. The van der Waals surface area contributed by atoms with Gasteiger partial charge in [0.1, 0.15) is 5.75 Å². The number of anilines is 1. The first-order chi connectivity index (χ1) is 11.4. The predicted molar refractivity (Wildman–Crippen MR) is 94.8 cm³/mol. The fourth-order valence-electron chi connectivity index (χ4n) is 2.91. The summed E-state index contributed by atoms with van der Waals surface area (Å²) < 4.78 is 30.6. The van der Waals surface area contributed by atoms with E-state index in [0.29, 0.717) is 30.8 Å². The molecule has 1 aromatic carbocycles. The first-order valence-corrected chi connectivity index (χ1v) is 10.2. The van der Waals surface area contributed by atoms with E-state index < -0.39 is 10.0 Å². The number of benzene rings is 1. The van der Waals surface area contributed by atoms with Gasteiger partial charge in [-0.3, -0.25) is 9.10 Å². The molecule has 0 N–H and O–H groups in total. The van der Waals surface area contributed by atoms with E-state index in [1.807, 2.05) is 4.90 Å². The lowest BCUT2D eigenvalue weighted by Gasteiger charge is -2.27. The van der Waals surface area contributed by atoms with Crippen LogP contribution in [0.25, 0.3) is 0 Å². The number of carbonyl (C=O) groups excluding carboxylic acids is 1. The first-order valence-electron chi connectivity index (χ1n) is 8.31. The smallest absolute Gasteiger partial charge is 0.232 e. The number of hydrogen-bond acceptors (Lipinski definition) is 4. The van der Waals surface area contributed by atoms with Crippen LogP contribution in [0.4, 0.5) is 5.69 Å². The molecular weight excluding hydrogens is 328 g/mol. The Bertz CT molecular complexity index is 637. The number of carbonyl (C=O) groups is 1. The maximum atomic E-state index is 12.2. The van der Waals surface area contributed by atoms with Gasteiger partial charge < -0.3 is 9.64 Å². The molecule has 1 saturated heterocycles. The normalized spacial score (nSPS) is 15.2. The van der Waals surface area contributed by atoms with Crippen molar-refractivity contribution >= 4 is 21.6 Å². The average molecular weight is 354 g/mol. The molecule has 1 heterocycles. The van der Waals surface area contributed by atoms with E-state index >= 15 is 0 Å². The molecule has 0 radical (unpaired) electrons. The Balaban J connectivity index is 1.95. The Morgan fingerprint density at radius 3 is 2.33 bits per heavy atom. The van der Waals surface area contributed by atoms with Gasteiger partial charge in [-0.05, 0) is 49.9 Å². The van der Waals surface area contributed by atoms with Crippen molar-refractivity contribution in [2.24, 2.45) is 0 Å². The minimum Gasteiger partial charge on any atom is -0.497 e. The average Bonchev–Trinajstić information content (AvgIpc) is 2.58. The minimum atomic E-state index is -3.39. The van der Waals surface area contributed by atoms with Crippen molar-refractivity contribution in [2.45, 2.75) is 32.1 Å². The molecule has 1 aliphatic rings. The number of hydrogen-bond donors (Lipinski definition) is 0. The van der Waals surface area contributed by atoms with Crippen LogP contribution >= 0.6 is 0 Å². The van der Waals surface area contributed by atoms with Gasteiger partial charge in [-0.2, -0.15) is 0 Å². The number of piperidine rings is 1. The highest BCUT2D eigenvalue weighted by molar-refractivity contribution is 7.92. The second-order valence-corrected chi connectivity index (χ2v) is 7.98. The molecule has 0 saturated carbocycles. The molecule has 0 unspecified atom stereocenters. The van der Waals surface area contributed by atoms with Gasteiger partial charge in [0.05, 0.1) is 19.1 Å². The van der Waals surface area contributed by atoms with E-state index in [1.165, 1.54) is 17.0 Å². The predicted octanol–water partition coefficient (Wildman–Crippen LogP) is 2.25. The molecule has 0 aromatic heterocycles. The van der Waals surface area contributed by atoms with E-state index in [4.69, 9.17) is 4.74 Å². The molecule has 2 rings (SSSR count). The molecule has 0 spiro atoms. The summed E-state index contributed by atoms with van der Waals surface area (Å²) in [6, 6.07) is 6.89. The molecule has 7 heteroatoms. The number of likely N-dealkylation sites (tertiary alicyclic amines) is 1. The fraction of sp³-hybridized carbons (Fsp3) is 0.588. The first kappa shape index (κ1) is 18.6. The van der Waals surface area contributed by atoms with Crippen molar-refractivity contribution in [1.29, 1.82) is 0 Å². The summed E-state index contributed by atoms with van der Waals surface area (Å²) >= 11 is 0. The lowest BCUT2D eigenvalue weighted by molar-refractivity contribution is -0.132. The maximum Gasteiger partial charge on any atom is 0.232 e. The van der Waals surface area contributed by atoms with Gasteiger partial charge in [-0.1, -0.05) is 0 Å². The summed E-state index contributed by atoms with van der Waals surface area (Å²) in [7, 11) is -1.83. The van der Waals surface area contributed by atoms with Gasteiger partial charge in [-0.25, -0.2) is 8.42 Å². The van der Waals surface area contributed by atoms with Crippen LogP contribution in [0.3, 0.4) is 0 Å². The third-order valence-corrected chi connectivity index (χ3v) is 5.42. The quantitative estimate of drug-likeness (QED) is 0.753. The number of nitrogens with zero attached hydrogens (tertiary/aromatic N) is 2. The zero-order valence-corrected chi connectivity index (χ0v) is 15.2. The lowest BCUT2D eigenvalue weighted by atomic mass is 10.1. The summed E-state index contributed by atoms with van der Waals surface area (Å²) in [6.07, 6.45) is 5.38. The third-order valence-electron chi connectivity index (χ3n) is 4.22. The van der Waals surface area contributed by atoms with Crippen LogP contribution < -0.4 is 9.04 Å². The van der Waals surface area contributed by atoms with Gasteiger partial charge in [0.15, 0.2) is 0 Å². The maximum absolute atomic E-state index is 12.2. The third kappa shape index (κ3) is 5.12. The highest BCUT2D eigenvalue weighted by atomic mass is 32.2. The molecule has 0 bridgehead atoms. The molecule has 1 amide bonds. The molecular formula is C17H26N2O4S. The van der Waals surface area contributed by atoms with Crippen LogP contribution in [0.15, 0.2) is 24.3 Å². The van der Waals surface area contributed by atoms with E-state index in [0.717, 1.165) is 25.9 Å². The standard InChI is InChI=1S/C17H26N2O4S/c1-23-16-10-8-15(9-11-16)19(24(2,21)22)14-6-7-17(20)18-12-4-3-5-13-18/h8-11H,3-7,12-14H2,1-2H3. The van der Waals surface area contributed by atoms with Crippen molar-refractivity contribution in [3.8, 4) is 5.75 Å². The lowest BCUT2D eigenvalue weighted by Crippen LogP contribution is -2.36. The number of sulfonamides is 1. The van der Waals surface area contributed by atoms with Crippen molar-refractivity contribution in [1.82, 2.24) is 4.90 Å². The molecule has 1 aliphatic heterocycles. The van der Waals surface area contributed by atoms with Gasteiger partial charge in [0.25, 0.3) is 0 Å². The van der Waals surface area contributed by atoms with Crippen LogP contribution in [-0.2, 0) is 14.8 Å². The van der Waals surface area contributed by atoms with E-state index in [2.05, 4.69) is 0 Å². The van der Waals surface area contributed by atoms with Crippen molar-refractivity contribution in [3.63, 3.8) is 0 Å². The van der Waals surface area contributed by atoms with E-state index in [-0.39, 0.29) is 5.91 Å². The zero-order valence-electron chi connectivity index (χ0n) is 14.4. The fourth-order valence-corrected chi connectivity index (χ4v) is 3.88. The highest BCUT2D eigenvalue weighted by Crippen LogP contribution is 2.22. The molecule has 6 nitrogen and oxygen atoms in total. The summed E-state index contributed by atoms with van der Waals surface area (Å²) in [5.41, 5.74) is 0.587. The Morgan fingerprint density at radius 1 is 1.17 bits per heavy atom. The van der Waals surface area contributed by atoms with Crippen molar-refractivity contribution in [3.05, 3.63) is 24.3 Å². The Kier molecular flexibility index (Phi) is 6.48. The Morgan fingerprint density at radius 2 is 1.79 bits per heavy atom. The molecule has 0 aliphatic carbocycles. The van der Waals surface area contributed by atoms with E-state index in [1.54, 1.807) is 31.4 Å². The Labute approximate surface area is 144 Å².